The van der Waals surface area contributed by atoms with Gasteiger partial charge in [0.25, 0.3) is 5.56 Å². The van der Waals surface area contributed by atoms with Crippen molar-refractivity contribution in [3.63, 3.8) is 0 Å². The number of para-hydroxylation sites is 2. The zero-order valence-corrected chi connectivity index (χ0v) is 16.5. The number of hydrogen-bond donors (Lipinski definition) is 0. The first-order chi connectivity index (χ1) is 14.8. The first-order valence-corrected chi connectivity index (χ1v) is 9.90. The van der Waals surface area contributed by atoms with E-state index < -0.39 is 0 Å². The number of ether oxygens (including phenoxy) is 1. The maximum Gasteiger partial charge on any atom is 0.262 e. The maximum absolute atomic E-state index is 12.8. The number of hydrogen-bond acceptors (Lipinski definition) is 4. The lowest BCUT2D eigenvalue weighted by Crippen LogP contribution is -2.22. The highest BCUT2D eigenvalue weighted by Crippen LogP contribution is 2.30. The molecule has 0 bridgehead atoms. The first kappa shape index (κ1) is 18.1. The number of nitrogens with zero attached hydrogens (tertiary/aromatic N) is 4. The van der Waals surface area contributed by atoms with Gasteiger partial charge >= 0.3 is 0 Å². The van der Waals surface area contributed by atoms with Crippen molar-refractivity contribution in [3.8, 4) is 16.9 Å². The lowest BCUT2D eigenvalue weighted by molar-refractivity contribution is 0.296. The van der Waals surface area contributed by atoms with E-state index in [0.29, 0.717) is 23.5 Å². The van der Waals surface area contributed by atoms with Crippen LogP contribution >= 0.6 is 0 Å². The topological polar surface area (TPSA) is 61.4 Å². The van der Waals surface area contributed by atoms with Crippen LogP contribution in [0.5, 0.6) is 5.75 Å². The Hall–Kier alpha value is -3.93. The molecule has 3 aromatic carbocycles. The predicted octanol–water partition coefficient (Wildman–Crippen LogP) is 4.31. The Bertz CT molecular complexity index is 1400. The van der Waals surface area contributed by atoms with Crippen LogP contribution in [0.2, 0.25) is 0 Å². The van der Waals surface area contributed by atoms with Crippen LogP contribution < -0.4 is 10.3 Å². The molecule has 0 saturated heterocycles. The van der Waals surface area contributed by atoms with Crippen molar-refractivity contribution < 1.29 is 4.74 Å². The van der Waals surface area contributed by atoms with Crippen molar-refractivity contribution in [2.45, 2.75) is 20.1 Å². The van der Waals surface area contributed by atoms with Crippen LogP contribution in [0, 0.1) is 0 Å². The highest BCUT2D eigenvalue weighted by atomic mass is 16.5. The quantitative estimate of drug-likeness (QED) is 0.444. The fraction of sp³-hybridized carbons (Fsp3) is 0.125. The Kier molecular flexibility index (Phi) is 4.52. The van der Waals surface area contributed by atoms with Crippen LogP contribution in [0.3, 0.4) is 0 Å². The van der Waals surface area contributed by atoms with Crippen LogP contribution in [0.25, 0.3) is 27.8 Å². The van der Waals surface area contributed by atoms with Crippen LogP contribution in [0.1, 0.15) is 12.7 Å². The summed E-state index contributed by atoms with van der Waals surface area (Å²) in [7, 11) is 0. The van der Waals surface area contributed by atoms with E-state index in [-0.39, 0.29) is 12.2 Å². The molecule has 0 aliphatic rings. The molecule has 2 aromatic heterocycles. The molecule has 30 heavy (non-hydrogen) atoms. The van der Waals surface area contributed by atoms with Crippen LogP contribution in [-0.4, -0.2) is 19.2 Å². The summed E-state index contributed by atoms with van der Waals surface area (Å²) >= 11 is 0. The second kappa shape index (κ2) is 7.48. The second-order valence-electron chi connectivity index (χ2n) is 6.97. The molecule has 6 nitrogen and oxygen atoms in total. The molecule has 0 atom stereocenters. The summed E-state index contributed by atoms with van der Waals surface area (Å²) in [5, 5.41) is 9.27. The Morgan fingerprint density at radius 3 is 2.43 bits per heavy atom. The van der Waals surface area contributed by atoms with Gasteiger partial charge in [0.2, 0.25) is 5.78 Å². The predicted molar refractivity (Wildman–Crippen MR) is 117 cm³/mol. The normalized spacial score (nSPS) is 11.2. The smallest absolute Gasteiger partial charge is 0.262 e. The van der Waals surface area contributed by atoms with Gasteiger partial charge in [0.05, 0.1) is 10.9 Å². The van der Waals surface area contributed by atoms with E-state index in [4.69, 9.17) is 4.74 Å². The molecule has 0 saturated carbocycles. The van der Waals surface area contributed by atoms with Gasteiger partial charge in [-0.15, -0.1) is 10.2 Å². The first-order valence-electron chi connectivity index (χ1n) is 9.90. The Labute approximate surface area is 173 Å². The zero-order chi connectivity index (χ0) is 20.5. The third-order valence-corrected chi connectivity index (χ3v) is 5.22. The Morgan fingerprint density at radius 1 is 0.867 bits per heavy atom. The minimum Gasteiger partial charge on any atom is -0.485 e. The summed E-state index contributed by atoms with van der Waals surface area (Å²) in [6.07, 6.45) is 0. The molecule has 0 spiro atoms. The van der Waals surface area contributed by atoms with Crippen molar-refractivity contribution in [2.75, 3.05) is 0 Å². The van der Waals surface area contributed by atoms with E-state index >= 15 is 0 Å². The third kappa shape index (κ3) is 2.93. The average Bonchev–Trinajstić information content (AvgIpc) is 3.23. The molecule has 0 aliphatic carbocycles. The summed E-state index contributed by atoms with van der Waals surface area (Å²) in [5.41, 5.74) is 2.82. The van der Waals surface area contributed by atoms with Crippen molar-refractivity contribution in [1.82, 2.24) is 19.2 Å². The molecule has 0 aliphatic heterocycles. The van der Waals surface area contributed by atoms with E-state index in [2.05, 4.69) is 22.3 Å². The van der Waals surface area contributed by atoms with Gasteiger partial charge in [0.1, 0.15) is 12.4 Å². The molecule has 0 fully saturated rings. The number of aryl methyl sites for hydroxylation is 1. The fourth-order valence-corrected chi connectivity index (χ4v) is 3.78. The van der Waals surface area contributed by atoms with Crippen LogP contribution in [-0.2, 0) is 13.2 Å². The number of benzene rings is 3. The molecule has 2 heterocycles. The molecule has 0 radical (unpaired) electrons. The van der Waals surface area contributed by atoms with Gasteiger partial charge in [-0.25, -0.2) is 0 Å². The number of rotatable bonds is 5. The van der Waals surface area contributed by atoms with E-state index in [1.54, 1.807) is 4.57 Å². The molecule has 6 heteroatoms. The molecule has 148 valence electrons. The number of aromatic nitrogens is 4. The van der Waals surface area contributed by atoms with Gasteiger partial charge in [0.15, 0.2) is 5.82 Å². The highest BCUT2D eigenvalue weighted by molar-refractivity contribution is 5.80. The minimum absolute atomic E-state index is 0.0603. The van der Waals surface area contributed by atoms with E-state index in [9.17, 15) is 4.79 Å². The van der Waals surface area contributed by atoms with Gasteiger partial charge < -0.3 is 4.74 Å². The summed E-state index contributed by atoms with van der Waals surface area (Å²) < 4.78 is 9.73. The molecule has 0 amide bonds. The highest BCUT2D eigenvalue weighted by Gasteiger charge is 2.16. The molecule has 5 aromatic rings. The largest absolute Gasteiger partial charge is 0.485 e. The van der Waals surface area contributed by atoms with Crippen molar-refractivity contribution >= 4 is 16.7 Å². The minimum atomic E-state index is -0.0603. The SMILES string of the molecule is CCn1c(=O)c2ccccc2n2c(COc3ccccc3-c3ccccc3)nnc12. The second-order valence-corrected chi connectivity index (χ2v) is 6.97. The zero-order valence-electron chi connectivity index (χ0n) is 16.5. The molecule has 0 unspecified atom stereocenters. The summed E-state index contributed by atoms with van der Waals surface area (Å²) in [4.78, 5) is 12.8. The summed E-state index contributed by atoms with van der Waals surface area (Å²) in [6.45, 7) is 2.68. The van der Waals surface area contributed by atoms with Gasteiger partial charge in [-0.2, -0.15) is 0 Å². The van der Waals surface area contributed by atoms with Gasteiger partial charge in [-0.1, -0.05) is 60.7 Å². The van der Waals surface area contributed by atoms with Crippen molar-refractivity contribution in [1.29, 1.82) is 0 Å². The number of fused-ring (bicyclic) bond motifs is 3. The van der Waals surface area contributed by atoms with Crippen LogP contribution in [0.15, 0.2) is 83.7 Å². The van der Waals surface area contributed by atoms with Gasteiger partial charge in [0, 0.05) is 12.1 Å². The third-order valence-electron chi connectivity index (χ3n) is 5.22. The monoisotopic (exact) mass is 396 g/mol. The van der Waals surface area contributed by atoms with E-state index in [0.717, 1.165) is 22.4 Å². The molecular weight excluding hydrogens is 376 g/mol. The van der Waals surface area contributed by atoms with E-state index in [1.807, 2.05) is 78.1 Å². The summed E-state index contributed by atoms with van der Waals surface area (Å²) in [5.74, 6) is 1.94. The van der Waals surface area contributed by atoms with Gasteiger partial charge in [-0.3, -0.25) is 13.8 Å². The lowest BCUT2D eigenvalue weighted by Gasteiger charge is -2.12. The van der Waals surface area contributed by atoms with Crippen molar-refractivity contribution in [2.24, 2.45) is 0 Å². The Balaban J connectivity index is 1.59. The summed E-state index contributed by atoms with van der Waals surface area (Å²) in [6, 6.07) is 25.6. The van der Waals surface area contributed by atoms with E-state index in [1.165, 1.54) is 0 Å². The van der Waals surface area contributed by atoms with Crippen molar-refractivity contribution in [3.05, 3.63) is 95.0 Å². The maximum atomic E-state index is 12.8. The fourth-order valence-electron chi connectivity index (χ4n) is 3.78. The van der Waals surface area contributed by atoms with Crippen LogP contribution in [0.4, 0.5) is 0 Å². The molecule has 0 N–H and O–H groups in total. The standard InChI is InChI=1S/C24H20N4O2/c1-2-27-23(29)19-13-6-8-14-20(19)28-22(25-26-24(27)28)16-30-21-15-9-7-12-18(21)17-10-4-3-5-11-17/h3-15H,2,16H2,1H3. The Morgan fingerprint density at radius 2 is 1.60 bits per heavy atom. The molecule has 5 rings (SSSR count). The average molecular weight is 396 g/mol. The molecular formula is C24H20N4O2. The van der Waals surface area contributed by atoms with Gasteiger partial charge in [-0.05, 0) is 30.7 Å². The lowest BCUT2D eigenvalue weighted by atomic mass is 10.1.